The number of carbonyl (C=O) groups is 1. The Hall–Kier alpha value is -2.19. The zero-order valence-electron chi connectivity index (χ0n) is 11.5. The number of nitrogens with zero attached hydrogens (tertiary/aromatic N) is 1. The van der Waals surface area contributed by atoms with Crippen LogP contribution in [-0.4, -0.2) is 11.7 Å². The molecule has 4 nitrogen and oxygen atoms in total. The molecule has 1 aromatic carbocycles. The Labute approximate surface area is 128 Å². The second kappa shape index (κ2) is 8.18. The highest BCUT2D eigenvalue weighted by Crippen LogP contribution is 2.27. The van der Waals surface area contributed by atoms with Crippen LogP contribution in [0.3, 0.4) is 0 Å². The number of aryl methyl sites for hydroxylation is 1. The monoisotopic (exact) mass is 300 g/mol. The number of para-hydroxylation sites is 1. The van der Waals surface area contributed by atoms with Gasteiger partial charge in [-0.1, -0.05) is 12.1 Å². The molecule has 0 fully saturated rings. The van der Waals surface area contributed by atoms with Crippen LogP contribution in [0.4, 0.5) is 5.69 Å². The van der Waals surface area contributed by atoms with Crippen molar-refractivity contribution in [2.75, 3.05) is 11.1 Å². The van der Waals surface area contributed by atoms with Gasteiger partial charge in [0.1, 0.15) is 5.76 Å². The number of carbonyl (C=O) groups excluding carboxylic acids is 1. The largest absolute Gasteiger partial charge is 0.469 e. The molecule has 0 spiro atoms. The predicted molar refractivity (Wildman–Crippen MR) is 83.1 cm³/mol. The molecule has 1 amide bonds. The van der Waals surface area contributed by atoms with Crippen molar-refractivity contribution >= 4 is 23.4 Å². The molecule has 0 aliphatic heterocycles. The van der Waals surface area contributed by atoms with Crippen molar-refractivity contribution in [3.63, 3.8) is 0 Å². The molecule has 0 saturated carbocycles. The molecule has 2 aromatic rings. The van der Waals surface area contributed by atoms with E-state index >= 15 is 0 Å². The van der Waals surface area contributed by atoms with Crippen LogP contribution in [0, 0.1) is 11.3 Å². The summed E-state index contributed by atoms with van der Waals surface area (Å²) in [6.07, 6.45) is 3.06. The third-order valence-electron chi connectivity index (χ3n) is 2.81. The highest BCUT2D eigenvalue weighted by Gasteiger charge is 2.08. The maximum atomic E-state index is 12.0. The summed E-state index contributed by atoms with van der Waals surface area (Å²) in [5.74, 6) is 1.48. The number of hydrogen-bond donors (Lipinski definition) is 1. The summed E-state index contributed by atoms with van der Waals surface area (Å²) in [4.78, 5) is 13.0. The lowest BCUT2D eigenvalue weighted by atomic mass is 10.2. The first kappa shape index (κ1) is 15.2. The summed E-state index contributed by atoms with van der Waals surface area (Å²) in [5, 5.41) is 11.5. The lowest BCUT2D eigenvalue weighted by Gasteiger charge is -2.09. The average Bonchev–Trinajstić information content (AvgIpc) is 3.00. The Bertz CT molecular complexity index is 617. The van der Waals surface area contributed by atoms with E-state index in [1.807, 2.05) is 36.4 Å². The summed E-state index contributed by atoms with van der Waals surface area (Å²) in [7, 11) is 0. The molecular weight excluding hydrogens is 284 g/mol. The van der Waals surface area contributed by atoms with Crippen molar-refractivity contribution in [2.45, 2.75) is 24.2 Å². The standard InChI is InChI=1S/C16H16N2O2S/c17-10-4-12-21-15-7-2-1-6-14(15)18-16(19)9-8-13-5-3-11-20-13/h1-3,5-7,11H,4,8-9,12H2,(H,18,19). The summed E-state index contributed by atoms with van der Waals surface area (Å²) in [5.41, 5.74) is 0.796. The third-order valence-corrected chi connectivity index (χ3v) is 3.89. The molecule has 0 unspecified atom stereocenters. The number of hydrogen-bond acceptors (Lipinski definition) is 4. The van der Waals surface area contributed by atoms with Gasteiger partial charge in [0.15, 0.2) is 0 Å². The third kappa shape index (κ3) is 5.01. The molecule has 0 radical (unpaired) electrons. The van der Waals surface area contributed by atoms with Crippen molar-refractivity contribution in [1.82, 2.24) is 0 Å². The molecular formula is C16H16N2O2S. The Kier molecular flexibility index (Phi) is 5.92. The molecule has 0 atom stereocenters. The van der Waals surface area contributed by atoms with Gasteiger partial charge in [-0.15, -0.1) is 11.8 Å². The van der Waals surface area contributed by atoms with E-state index in [0.717, 1.165) is 22.1 Å². The second-order valence-corrected chi connectivity index (χ2v) is 5.52. The van der Waals surface area contributed by atoms with E-state index in [2.05, 4.69) is 11.4 Å². The SMILES string of the molecule is N#CCCSc1ccccc1NC(=O)CCc1ccco1. The molecule has 0 saturated heterocycles. The highest BCUT2D eigenvalue weighted by molar-refractivity contribution is 7.99. The number of furan rings is 1. The summed E-state index contributed by atoms with van der Waals surface area (Å²) in [6.45, 7) is 0. The zero-order valence-corrected chi connectivity index (χ0v) is 12.4. The van der Waals surface area contributed by atoms with Crippen molar-refractivity contribution in [2.24, 2.45) is 0 Å². The molecule has 0 aliphatic rings. The van der Waals surface area contributed by atoms with Gasteiger partial charge in [0.2, 0.25) is 5.91 Å². The normalized spacial score (nSPS) is 10.0. The molecule has 5 heteroatoms. The van der Waals surface area contributed by atoms with E-state index in [1.165, 1.54) is 0 Å². The van der Waals surface area contributed by atoms with Gasteiger partial charge in [0.25, 0.3) is 0 Å². The molecule has 2 rings (SSSR count). The van der Waals surface area contributed by atoms with Gasteiger partial charge in [0.05, 0.1) is 18.0 Å². The second-order valence-electron chi connectivity index (χ2n) is 4.38. The fourth-order valence-electron chi connectivity index (χ4n) is 1.81. The van der Waals surface area contributed by atoms with E-state index in [1.54, 1.807) is 18.0 Å². The van der Waals surface area contributed by atoms with Crippen molar-refractivity contribution in [3.05, 3.63) is 48.4 Å². The van der Waals surface area contributed by atoms with Crippen molar-refractivity contribution in [1.29, 1.82) is 5.26 Å². The first-order chi connectivity index (χ1) is 10.3. The van der Waals surface area contributed by atoms with E-state index in [9.17, 15) is 4.79 Å². The van der Waals surface area contributed by atoms with Crippen molar-refractivity contribution < 1.29 is 9.21 Å². The maximum absolute atomic E-state index is 12.0. The number of nitrogens with one attached hydrogen (secondary N) is 1. The van der Waals surface area contributed by atoms with Gasteiger partial charge in [-0.05, 0) is 24.3 Å². The fourth-order valence-corrected chi connectivity index (χ4v) is 2.67. The number of amides is 1. The minimum atomic E-state index is -0.0419. The van der Waals surface area contributed by atoms with Crippen LogP contribution in [-0.2, 0) is 11.2 Å². The summed E-state index contributed by atoms with van der Waals surface area (Å²) < 4.78 is 5.21. The number of rotatable bonds is 7. The topological polar surface area (TPSA) is 66.0 Å². The lowest BCUT2D eigenvalue weighted by Crippen LogP contribution is -2.12. The lowest BCUT2D eigenvalue weighted by molar-refractivity contribution is -0.116. The highest BCUT2D eigenvalue weighted by atomic mass is 32.2. The van der Waals surface area contributed by atoms with Crippen molar-refractivity contribution in [3.8, 4) is 6.07 Å². The molecule has 0 bridgehead atoms. The first-order valence-electron chi connectivity index (χ1n) is 6.70. The van der Waals surface area contributed by atoms with Gasteiger partial charge in [-0.25, -0.2) is 0 Å². The average molecular weight is 300 g/mol. The van der Waals surface area contributed by atoms with E-state index in [-0.39, 0.29) is 5.91 Å². The van der Waals surface area contributed by atoms with Gasteiger partial charge >= 0.3 is 0 Å². The molecule has 1 N–H and O–H groups in total. The Morgan fingerprint density at radius 2 is 2.14 bits per heavy atom. The maximum Gasteiger partial charge on any atom is 0.224 e. The van der Waals surface area contributed by atoms with Crippen LogP contribution >= 0.6 is 11.8 Å². The quantitative estimate of drug-likeness (QED) is 0.623. The molecule has 21 heavy (non-hydrogen) atoms. The number of nitriles is 1. The van der Waals surface area contributed by atoms with Crippen LogP contribution in [0.5, 0.6) is 0 Å². The zero-order chi connectivity index (χ0) is 14.9. The van der Waals surface area contributed by atoms with Gasteiger partial charge in [-0.3, -0.25) is 4.79 Å². The Morgan fingerprint density at radius 1 is 1.29 bits per heavy atom. The Balaban J connectivity index is 1.89. The van der Waals surface area contributed by atoms with Gasteiger partial charge in [0, 0.05) is 29.9 Å². The molecule has 0 aliphatic carbocycles. The minimum Gasteiger partial charge on any atom is -0.469 e. The van der Waals surface area contributed by atoms with Crippen LogP contribution < -0.4 is 5.32 Å². The van der Waals surface area contributed by atoms with Crippen LogP contribution in [0.2, 0.25) is 0 Å². The summed E-state index contributed by atoms with van der Waals surface area (Å²) >= 11 is 1.57. The van der Waals surface area contributed by atoms with Crippen LogP contribution in [0.1, 0.15) is 18.6 Å². The number of anilines is 1. The number of benzene rings is 1. The van der Waals surface area contributed by atoms with Crippen LogP contribution in [0.25, 0.3) is 0 Å². The van der Waals surface area contributed by atoms with Gasteiger partial charge < -0.3 is 9.73 Å². The predicted octanol–water partition coefficient (Wildman–Crippen LogP) is 3.86. The minimum absolute atomic E-state index is 0.0419. The summed E-state index contributed by atoms with van der Waals surface area (Å²) in [6, 6.07) is 13.4. The Morgan fingerprint density at radius 3 is 2.90 bits per heavy atom. The fraction of sp³-hybridized carbons (Fsp3) is 0.250. The van der Waals surface area contributed by atoms with E-state index in [0.29, 0.717) is 19.3 Å². The molecule has 1 aromatic heterocycles. The van der Waals surface area contributed by atoms with E-state index in [4.69, 9.17) is 9.68 Å². The van der Waals surface area contributed by atoms with Gasteiger partial charge in [-0.2, -0.15) is 5.26 Å². The number of thioether (sulfide) groups is 1. The van der Waals surface area contributed by atoms with E-state index < -0.39 is 0 Å². The first-order valence-corrected chi connectivity index (χ1v) is 7.69. The molecule has 1 heterocycles. The smallest absolute Gasteiger partial charge is 0.224 e. The van der Waals surface area contributed by atoms with Crippen LogP contribution in [0.15, 0.2) is 52.0 Å². The molecule has 108 valence electrons.